The quantitative estimate of drug-likeness (QED) is 0.0590. The predicted molar refractivity (Wildman–Crippen MR) is 513 cm³/mol. The van der Waals surface area contributed by atoms with Crippen molar-refractivity contribution in [3.63, 3.8) is 0 Å². The van der Waals surface area contributed by atoms with Gasteiger partial charge in [0.05, 0.1) is 216 Å². The Balaban J connectivity index is 0.000000126. The molecular formula is C92H120Cl4N28O12. The molecule has 40 nitrogen and oxygen atoms in total. The number of amides is 4. The van der Waals surface area contributed by atoms with Gasteiger partial charge in [0, 0.05) is 153 Å². The number of aromatic nitrogens is 16. The van der Waals surface area contributed by atoms with Gasteiger partial charge in [0.15, 0.2) is 0 Å². The molecule has 0 unspecified atom stereocenters. The fourth-order valence-corrected chi connectivity index (χ4v) is 21.7. The molecule has 0 bridgehead atoms. The Hall–Kier alpha value is -10.9. The molecule has 8 aromatic heterocycles. The Bertz CT molecular complexity index is 4970. The van der Waals surface area contributed by atoms with E-state index in [1.165, 1.54) is 0 Å². The minimum absolute atomic E-state index is 0.0593. The molecule has 0 aliphatic carbocycles. The lowest BCUT2D eigenvalue weighted by Crippen LogP contribution is -2.49. The summed E-state index contributed by atoms with van der Waals surface area (Å²) in [6, 6.07) is 0.853. The van der Waals surface area contributed by atoms with Gasteiger partial charge in [0.1, 0.15) is 0 Å². The summed E-state index contributed by atoms with van der Waals surface area (Å²) in [6.45, 7) is 21.6. The third-order valence-electron chi connectivity index (χ3n) is 28.7. The number of carbonyl (C=O) groups is 4. The number of carbonyl (C=O) groups excluding carboxylic acids is 4. The fourth-order valence-electron chi connectivity index (χ4n) is 21.3. The van der Waals surface area contributed by atoms with Crippen LogP contribution in [0.1, 0.15) is 151 Å². The van der Waals surface area contributed by atoms with Crippen molar-refractivity contribution >= 4 is 117 Å². The molecule has 136 heavy (non-hydrogen) atoms. The average molecular weight is 1950 g/mol. The maximum Gasteiger partial charge on any atom is 0.269 e. The summed E-state index contributed by atoms with van der Waals surface area (Å²) in [7, 11) is 0. The molecule has 0 saturated carbocycles. The van der Waals surface area contributed by atoms with Crippen LogP contribution in [0.25, 0.3) is 0 Å². The molecule has 4 N–H and O–H groups in total. The third-order valence-corrected chi connectivity index (χ3v) is 29.5. The number of halogens is 4. The van der Waals surface area contributed by atoms with E-state index in [4.69, 9.17) is 65.4 Å². The lowest BCUT2D eigenvalue weighted by molar-refractivity contribution is -0.135. The number of rotatable bonds is 20. The van der Waals surface area contributed by atoms with E-state index in [0.717, 1.165) is 152 Å². The largest absolute Gasteiger partial charge is 0.372 e. The zero-order valence-electron chi connectivity index (χ0n) is 77.3. The average Bonchev–Trinajstić information content (AvgIpc) is 1.66. The van der Waals surface area contributed by atoms with Crippen molar-refractivity contribution in [2.45, 2.75) is 229 Å². The second kappa shape index (κ2) is 44.7. The first kappa shape index (κ1) is 96.8. The van der Waals surface area contributed by atoms with Crippen molar-refractivity contribution < 1.29 is 38.1 Å². The number of hydrogen-bond donors (Lipinski definition) is 4. The minimum atomic E-state index is -0.151. The Morgan fingerprint density at radius 3 is 0.662 bits per heavy atom. The van der Waals surface area contributed by atoms with Crippen LogP contribution in [0.5, 0.6) is 0 Å². The molecule has 12 aliphatic rings. The number of aromatic amines is 4. The lowest BCUT2D eigenvalue weighted by atomic mass is 10.0. The molecule has 0 aromatic carbocycles. The SMILES string of the molecule is Cc1c(N2CCC[C@H]2[C@@H]2CC[C@@H](CC(=O)N3CCN(c4ncc(Cl)cn4)CC3)O2)cn[nH]c1=O.Cc1c(N2CCC[C@H]2[C@@H]2CC[C@H](CC(=O)N3CCN(c4ncc(Cl)cn4)CC3)O2)cn[nH]c1=O.Cc1c(N2CCC[C@H]2[C@H]2CC[C@@H](CC(=O)N3CCN(c4ncc(Cl)cn4)CC3)O2)cn[nH]c1=O.Cc1c(N2CCC[C@H]2[C@H]2CC[C@H](CC(=O)N3CCN(c4ncc(Cl)cn4)CC3)O2)cn[nH]c1=O. The highest BCUT2D eigenvalue weighted by molar-refractivity contribution is 6.31. The number of nitrogens with one attached hydrogen (secondary N) is 4. The van der Waals surface area contributed by atoms with E-state index in [2.05, 4.69) is 120 Å². The topological polar surface area (TPSA) is 430 Å². The Kier molecular flexibility index (Phi) is 31.8. The number of piperazine rings is 4. The second-order valence-electron chi connectivity index (χ2n) is 37.0. The molecule has 20 rings (SSSR count). The Morgan fingerprint density at radius 1 is 0.279 bits per heavy atom. The first-order chi connectivity index (χ1) is 66.0. The van der Waals surface area contributed by atoms with Gasteiger partial charge in [0.2, 0.25) is 47.4 Å². The monoisotopic (exact) mass is 1950 g/mol. The molecule has 0 spiro atoms. The fraction of sp³-hybridized carbons (Fsp3) is 0.609. The summed E-state index contributed by atoms with van der Waals surface area (Å²) in [6.07, 6.45) is 36.9. The maximum absolute atomic E-state index is 13.0. The second-order valence-corrected chi connectivity index (χ2v) is 38.8. The van der Waals surface area contributed by atoms with Crippen molar-refractivity contribution in [2.75, 3.05) is 170 Å². The summed E-state index contributed by atoms with van der Waals surface area (Å²) in [5.74, 6) is 3.13. The third kappa shape index (κ3) is 23.2. The van der Waals surface area contributed by atoms with E-state index in [9.17, 15) is 38.4 Å². The van der Waals surface area contributed by atoms with E-state index in [1.54, 1.807) is 74.4 Å². The van der Waals surface area contributed by atoms with Gasteiger partial charge in [0.25, 0.3) is 22.2 Å². The van der Waals surface area contributed by atoms with Gasteiger partial charge < -0.3 is 77.7 Å². The molecule has 12 fully saturated rings. The summed E-state index contributed by atoms with van der Waals surface area (Å²) < 4.78 is 25.6. The molecule has 12 atom stereocenters. The number of ether oxygens (including phenoxy) is 4. The van der Waals surface area contributed by atoms with Gasteiger partial charge in [-0.1, -0.05) is 46.4 Å². The summed E-state index contributed by atoms with van der Waals surface area (Å²) in [4.78, 5) is 159. The number of nitrogens with zero attached hydrogens (tertiary/aromatic N) is 24. The Morgan fingerprint density at radius 2 is 0.471 bits per heavy atom. The number of anilines is 8. The zero-order valence-corrected chi connectivity index (χ0v) is 80.3. The molecular weight excluding hydrogens is 1830 g/mol. The van der Waals surface area contributed by atoms with Crippen LogP contribution < -0.4 is 61.4 Å². The predicted octanol–water partition coefficient (Wildman–Crippen LogP) is 7.11. The van der Waals surface area contributed by atoms with E-state index >= 15 is 0 Å². The van der Waals surface area contributed by atoms with Crippen molar-refractivity contribution in [2.24, 2.45) is 0 Å². The van der Waals surface area contributed by atoms with E-state index in [-0.39, 0.29) is 119 Å². The molecule has 44 heteroatoms. The van der Waals surface area contributed by atoms with Gasteiger partial charge in [-0.25, -0.2) is 60.3 Å². The molecule has 12 saturated heterocycles. The molecule has 728 valence electrons. The first-order valence-electron chi connectivity index (χ1n) is 47.8. The summed E-state index contributed by atoms with van der Waals surface area (Å²) in [5, 5.41) is 28.0. The van der Waals surface area contributed by atoms with Crippen LogP contribution in [0.15, 0.2) is 93.5 Å². The highest BCUT2D eigenvalue weighted by Crippen LogP contribution is 2.41. The van der Waals surface area contributed by atoms with Gasteiger partial charge in [-0.15, -0.1) is 0 Å². The zero-order chi connectivity index (χ0) is 94.6. The Labute approximate surface area is 807 Å². The summed E-state index contributed by atoms with van der Waals surface area (Å²) >= 11 is 23.5. The van der Waals surface area contributed by atoms with Gasteiger partial charge in [-0.2, -0.15) is 20.4 Å². The molecule has 20 heterocycles. The standard InChI is InChI=1S/4C23H30ClN7O3/c4*1-15-19(14-27-28-22(15)33)31-6-2-3-18(31)20-5-4-17(34-20)11-21(32)29-7-9-30(10-8-29)23-25-12-16(24)13-26-23/h4*12-14,17-18,20H,2-11H2,1H3,(H,28,33)/t17-,18+,20+;17-,18+,20-;17-,18-,20+;17-,18-,20-/m1100/s1. The van der Waals surface area contributed by atoms with E-state index < -0.39 is 0 Å². The number of H-pyrrole nitrogens is 4. The van der Waals surface area contributed by atoms with Crippen LogP contribution in [0.3, 0.4) is 0 Å². The van der Waals surface area contributed by atoms with Gasteiger partial charge in [-0.05, 0) is 130 Å². The van der Waals surface area contributed by atoms with Gasteiger partial charge >= 0.3 is 0 Å². The lowest BCUT2D eigenvalue weighted by Gasteiger charge is -2.35. The molecule has 0 radical (unpaired) electrons. The summed E-state index contributed by atoms with van der Waals surface area (Å²) in [5.41, 5.74) is 5.70. The normalized spacial score (nSPS) is 25.2. The van der Waals surface area contributed by atoms with Crippen molar-refractivity contribution in [1.82, 2.24) is 100 Å². The molecule has 8 aromatic rings. The van der Waals surface area contributed by atoms with Crippen molar-refractivity contribution in [3.05, 3.63) is 158 Å². The van der Waals surface area contributed by atoms with E-state index in [0.29, 0.717) is 197 Å². The van der Waals surface area contributed by atoms with Crippen LogP contribution in [0.4, 0.5) is 46.5 Å². The minimum Gasteiger partial charge on any atom is -0.372 e. The maximum atomic E-state index is 13.0. The van der Waals surface area contributed by atoms with E-state index in [1.807, 2.05) is 47.3 Å². The van der Waals surface area contributed by atoms with Crippen LogP contribution >= 0.6 is 46.4 Å². The highest BCUT2D eigenvalue weighted by Gasteiger charge is 2.45. The number of hydrogen-bond acceptors (Lipinski definition) is 32. The van der Waals surface area contributed by atoms with Crippen molar-refractivity contribution in [3.8, 4) is 0 Å². The first-order valence-corrected chi connectivity index (χ1v) is 49.4. The van der Waals surface area contributed by atoms with Crippen molar-refractivity contribution in [1.29, 1.82) is 0 Å². The molecule has 4 amide bonds. The van der Waals surface area contributed by atoms with Crippen LogP contribution in [0, 0.1) is 27.7 Å². The molecule has 12 aliphatic heterocycles. The van der Waals surface area contributed by atoms with Crippen LogP contribution in [0.2, 0.25) is 20.1 Å². The van der Waals surface area contributed by atoms with Crippen LogP contribution in [-0.2, 0) is 38.1 Å². The van der Waals surface area contributed by atoms with Crippen LogP contribution in [-0.4, -0.2) is 328 Å². The van der Waals surface area contributed by atoms with Gasteiger partial charge in [-0.3, -0.25) is 38.4 Å². The smallest absolute Gasteiger partial charge is 0.269 e. The highest BCUT2D eigenvalue weighted by atomic mass is 35.5.